The molecular formula is C13H19NO3S. The number of benzene rings is 1. The molecule has 1 aliphatic rings. The average Bonchev–Trinajstić information content (AvgIpc) is 3.14. The summed E-state index contributed by atoms with van der Waals surface area (Å²) in [6.07, 6.45) is 0. The molecule has 0 aliphatic heterocycles. The van der Waals surface area contributed by atoms with Crippen LogP contribution in [0.5, 0.6) is 5.75 Å². The summed E-state index contributed by atoms with van der Waals surface area (Å²) in [5, 5.41) is -0.305. The van der Waals surface area contributed by atoms with E-state index in [1.54, 1.807) is 14.0 Å². The van der Waals surface area contributed by atoms with E-state index in [4.69, 9.17) is 10.5 Å². The summed E-state index contributed by atoms with van der Waals surface area (Å²) in [5.41, 5.74) is 6.71. The Bertz CT molecular complexity index is 510. The Balaban J connectivity index is 2.23. The second-order valence-electron chi connectivity index (χ2n) is 4.61. The maximum atomic E-state index is 12.0. The zero-order valence-corrected chi connectivity index (χ0v) is 11.5. The minimum Gasteiger partial charge on any atom is -0.497 e. The maximum Gasteiger partial charge on any atom is 0.153 e. The number of sulfone groups is 1. The Morgan fingerprint density at radius 3 is 2.33 bits per heavy atom. The van der Waals surface area contributed by atoms with Crippen molar-refractivity contribution in [3.05, 3.63) is 29.8 Å². The van der Waals surface area contributed by atoms with Crippen LogP contribution >= 0.6 is 0 Å². The summed E-state index contributed by atoms with van der Waals surface area (Å²) in [6.45, 7) is 2.10. The van der Waals surface area contributed by atoms with Crippen LogP contribution in [0.15, 0.2) is 24.3 Å². The predicted octanol–water partition coefficient (Wildman–Crippen LogP) is 1.17. The summed E-state index contributed by atoms with van der Waals surface area (Å²) < 4.78 is 29.0. The molecule has 0 aromatic heterocycles. The van der Waals surface area contributed by atoms with Crippen molar-refractivity contribution in [2.45, 2.75) is 18.1 Å². The van der Waals surface area contributed by atoms with Crippen molar-refractivity contribution in [1.82, 2.24) is 0 Å². The Labute approximate surface area is 108 Å². The van der Waals surface area contributed by atoms with E-state index in [9.17, 15) is 8.42 Å². The van der Waals surface area contributed by atoms with E-state index in [1.807, 2.05) is 24.3 Å². The summed E-state index contributed by atoms with van der Waals surface area (Å²) in [6, 6.07) is 7.57. The van der Waals surface area contributed by atoms with Crippen molar-refractivity contribution in [3.8, 4) is 5.75 Å². The van der Waals surface area contributed by atoms with Crippen LogP contribution in [0.4, 0.5) is 0 Å². The van der Waals surface area contributed by atoms with Gasteiger partial charge < -0.3 is 10.5 Å². The third kappa shape index (κ3) is 2.24. The molecule has 3 atom stereocenters. The highest BCUT2D eigenvalue weighted by Gasteiger charge is 2.56. The van der Waals surface area contributed by atoms with Gasteiger partial charge in [-0.05, 0) is 30.2 Å². The third-order valence-corrected chi connectivity index (χ3v) is 5.96. The molecule has 1 saturated carbocycles. The molecule has 100 valence electrons. The van der Waals surface area contributed by atoms with Gasteiger partial charge in [-0.2, -0.15) is 0 Å². The highest BCUT2D eigenvalue weighted by molar-refractivity contribution is 7.92. The number of methoxy groups -OCH3 is 1. The second-order valence-corrected chi connectivity index (χ2v) is 7.06. The van der Waals surface area contributed by atoms with Crippen molar-refractivity contribution in [3.63, 3.8) is 0 Å². The predicted molar refractivity (Wildman–Crippen MR) is 71.5 cm³/mol. The van der Waals surface area contributed by atoms with Gasteiger partial charge in [-0.25, -0.2) is 8.42 Å². The minimum absolute atomic E-state index is 0.0471. The maximum absolute atomic E-state index is 12.0. The van der Waals surface area contributed by atoms with Crippen LogP contribution in [-0.4, -0.2) is 33.1 Å². The normalized spacial score (nSPS) is 26.9. The zero-order valence-electron chi connectivity index (χ0n) is 10.7. The third-order valence-electron chi connectivity index (χ3n) is 3.69. The van der Waals surface area contributed by atoms with Crippen LogP contribution in [0.2, 0.25) is 0 Å². The van der Waals surface area contributed by atoms with Crippen LogP contribution in [0.25, 0.3) is 0 Å². The molecule has 1 aliphatic carbocycles. The lowest BCUT2D eigenvalue weighted by atomic mass is 10.1. The Morgan fingerprint density at radius 1 is 1.28 bits per heavy atom. The standard InChI is InChI=1S/C13H19NO3S/c1-3-18(15,16)13-11(8-14)12(13)9-4-6-10(17-2)7-5-9/h4-7,11-13H,3,8,14H2,1-2H3/t11-,12-,13-/m1/s1. The molecule has 2 N–H and O–H groups in total. The fourth-order valence-electron chi connectivity index (χ4n) is 2.57. The Hall–Kier alpha value is -1.07. The van der Waals surface area contributed by atoms with Gasteiger partial charge in [-0.1, -0.05) is 19.1 Å². The van der Waals surface area contributed by atoms with Gasteiger partial charge in [0.2, 0.25) is 0 Å². The van der Waals surface area contributed by atoms with Crippen molar-refractivity contribution < 1.29 is 13.2 Å². The molecule has 1 fully saturated rings. The monoisotopic (exact) mass is 269 g/mol. The van der Waals surface area contributed by atoms with Crippen LogP contribution in [-0.2, 0) is 9.84 Å². The fourth-order valence-corrected chi connectivity index (χ4v) is 4.48. The molecule has 0 unspecified atom stereocenters. The SMILES string of the molecule is CCS(=O)(=O)[C@@H]1[C@H](CN)[C@H]1c1ccc(OC)cc1. The smallest absolute Gasteiger partial charge is 0.153 e. The molecule has 1 aromatic carbocycles. The highest BCUT2D eigenvalue weighted by Crippen LogP contribution is 2.52. The van der Waals surface area contributed by atoms with Gasteiger partial charge in [0.05, 0.1) is 12.4 Å². The van der Waals surface area contributed by atoms with Crippen LogP contribution in [0.1, 0.15) is 18.4 Å². The molecule has 18 heavy (non-hydrogen) atoms. The van der Waals surface area contributed by atoms with Gasteiger partial charge in [0.1, 0.15) is 5.75 Å². The van der Waals surface area contributed by atoms with Crippen LogP contribution < -0.4 is 10.5 Å². The van der Waals surface area contributed by atoms with Gasteiger partial charge in [-0.15, -0.1) is 0 Å². The van der Waals surface area contributed by atoms with Crippen LogP contribution in [0.3, 0.4) is 0 Å². The molecular weight excluding hydrogens is 250 g/mol. The first kappa shape index (κ1) is 13.4. The molecule has 0 amide bonds. The fraction of sp³-hybridized carbons (Fsp3) is 0.538. The lowest BCUT2D eigenvalue weighted by Crippen LogP contribution is -2.15. The van der Waals surface area contributed by atoms with E-state index in [1.165, 1.54) is 0 Å². The zero-order chi connectivity index (χ0) is 13.3. The molecule has 0 bridgehead atoms. The molecule has 0 radical (unpaired) electrons. The summed E-state index contributed by atoms with van der Waals surface area (Å²) in [4.78, 5) is 0. The minimum atomic E-state index is -3.01. The highest BCUT2D eigenvalue weighted by atomic mass is 32.2. The van der Waals surface area contributed by atoms with E-state index < -0.39 is 9.84 Å². The average molecular weight is 269 g/mol. The van der Waals surface area contributed by atoms with Gasteiger partial charge in [0.15, 0.2) is 9.84 Å². The van der Waals surface area contributed by atoms with Gasteiger partial charge in [0, 0.05) is 11.7 Å². The largest absolute Gasteiger partial charge is 0.497 e. The first-order chi connectivity index (χ1) is 8.55. The topological polar surface area (TPSA) is 69.4 Å². The van der Waals surface area contributed by atoms with Crippen molar-refractivity contribution in [2.24, 2.45) is 11.7 Å². The summed E-state index contributed by atoms with van der Waals surface area (Å²) in [5.74, 6) is 1.06. The summed E-state index contributed by atoms with van der Waals surface area (Å²) in [7, 11) is -1.40. The molecule has 2 rings (SSSR count). The molecule has 0 spiro atoms. The first-order valence-corrected chi connectivity index (χ1v) is 7.82. The molecule has 5 heteroatoms. The molecule has 0 heterocycles. The van der Waals surface area contributed by atoms with Crippen LogP contribution in [0, 0.1) is 5.92 Å². The lowest BCUT2D eigenvalue weighted by molar-refractivity contribution is 0.414. The van der Waals surface area contributed by atoms with Crippen molar-refractivity contribution in [2.75, 3.05) is 19.4 Å². The summed E-state index contributed by atoms with van der Waals surface area (Å²) >= 11 is 0. The van der Waals surface area contributed by atoms with E-state index in [2.05, 4.69) is 0 Å². The number of rotatable bonds is 5. The van der Waals surface area contributed by atoms with Crippen molar-refractivity contribution in [1.29, 1.82) is 0 Å². The number of nitrogens with two attached hydrogens (primary N) is 1. The van der Waals surface area contributed by atoms with E-state index in [-0.39, 0.29) is 22.8 Å². The van der Waals surface area contributed by atoms with E-state index >= 15 is 0 Å². The lowest BCUT2D eigenvalue weighted by Gasteiger charge is -2.03. The number of hydrogen-bond donors (Lipinski definition) is 1. The van der Waals surface area contributed by atoms with E-state index in [0.717, 1.165) is 11.3 Å². The number of hydrogen-bond acceptors (Lipinski definition) is 4. The Kier molecular flexibility index (Phi) is 3.64. The van der Waals surface area contributed by atoms with Gasteiger partial charge in [0.25, 0.3) is 0 Å². The first-order valence-electron chi connectivity index (χ1n) is 6.10. The van der Waals surface area contributed by atoms with Crippen molar-refractivity contribution >= 4 is 9.84 Å². The second kappa shape index (κ2) is 4.90. The molecule has 4 nitrogen and oxygen atoms in total. The number of ether oxygens (including phenoxy) is 1. The quantitative estimate of drug-likeness (QED) is 0.871. The molecule has 0 saturated heterocycles. The van der Waals surface area contributed by atoms with Gasteiger partial charge >= 0.3 is 0 Å². The van der Waals surface area contributed by atoms with Gasteiger partial charge in [-0.3, -0.25) is 0 Å². The molecule has 1 aromatic rings. The van der Waals surface area contributed by atoms with E-state index in [0.29, 0.717) is 6.54 Å². The Morgan fingerprint density at radius 2 is 1.89 bits per heavy atom.